The van der Waals surface area contributed by atoms with Crippen molar-refractivity contribution in [3.8, 4) is 0 Å². The van der Waals surface area contributed by atoms with Crippen molar-refractivity contribution in [2.24, 2.45) is 7.05 Å². The molecule has 1 aromatic rings. The molecule has 1 amide bonds. The number of carbonyl (C=O) groups excluding carboxylic acids is 1. The minimum atomic E-state index is -4.45. The van der Waals surface area contributed by atoms with E-state index in [1.165, 1.54) is 14.2 Å². The number of nitrogens with zero attached hydrogens (tertiary/aromatic N) is 2. The second-order valence-electron chi connectivity index (χ2n) is 3.31. The van der Waals surface area contributed by atoms with Crippen molar-refractivity contribution in [2.75, 3.05) is 13.7 Å². The molecular weight excluding hydrogens is 239 g/mol. The molecule has 0 radical (unpaired) electrons. The summed E-state index contributed by atoms with van der Waals surface area (Å²) < 4.78 is 42.9. The maximum absolute atomic E-state index is 12.6. The van der Waals surface area contributed by atoms with Gasteiger partial charge >= 0.3 is 12.3 Å². The van der Waals surface area contributed by atoms with Gasteiger partial charge in [0.1, 0.15) is 5.69 Å². The van der Waals surface area contributed by atoms with Gasteiger partial charge in [0, 0.05) is 19.2 Å². The number of ether oxygens (including phenoxy) is 1. The Morgan fingerprint density at radius 1 is 1.59 bits per heavy atom. The number of nitrogens with one attached hydrogen (secondary N) is 1. The molecule has 0 atom stereocenters. The monoisotopic (exact) mass is 251 g/mol. The smallest absolute Gasteiger partial charge is 0.433 e. The van der Waals surface area contributed by atoms with E-state index in [0.29, 0.717) is 0 Å². The quantitative estimate of drug-likeness (QED) is 0.881. The van der Waals surface area contributed by atoms with Crippen molar-refractivity contribution in [1.82, 2.24) is 15.1 Å². The minimum Gasteiger partial charge on any atom is -0.453 e. The molecule has 0 unspecified atom stereocenters. The first-order chi connectivity index (χ1) is 7.86. The fourth-order valence-electron chi connectivity index (χ4n) is 1.40. The summed E-state index contributed by atoms with van der Waals surface area (Å²) >= 11 is 0. The molecule has 1 N–H and O–H groups in total. The van der Waals surface area contributed by atoms with Gasteiger partial charge in [0.15, 0.2) is 0 Å². The molecule has 0 spiro atoms. The molecule has 5 nitrogen and oxygen atoms in total. The Morgan fingerprint density at radius 2 is 2.24 bits per heavy atom. The first kappa shape index (κ1) is 13.3. The number of amides is 1. The van der Waals surface area contributed by atoms with Gasteiger partial charge in [0.2, 0.25) is 0 Å². The summed E-state index contributed by atoms with van der Waals surface area (Å²) in [6.45, 7) is 0.0570. The van der Waals surface area contributed by atoms with Crippen molar-refractivity contribution >= 4 is 6.09 Å². The number of methoxy groups -OCH3 is 1. The van der Waals surface area contributed by atoms with Crippen LogP contribution >= 0.6 is 0 Å². The number of alkyl carbamates (subject to hydrolysis) is 1. The highest BCUT2D eigenvalue weighted by atomic mass is 19.4. The van der Waals surface area contributed by atoms with Crippen LogP contribution in [0.25, 0.3) is 0 Å². The van der Waals surface area contributed by atoms with Crippen LogP contribution in [0.1, 0.15) is 11.3 Å². The summed E-state index contributed by atoms with van der Waals surface area (Å²) in [6, 6.07) is 0. The number of rotatable bonds is 3. The van der Waals surface area contributed by atoms with Crippen molar-refractivity contribution in [3.05, 3.63) is 17.5 Å². The third-order valence-electron chi connectivity index (χ3n) is 2.13. The molecule has 1 aromatic heterocycles. The zero-order chi connectivity index (χ0) is 13.1. The van der Waals surface area contributed by atoms with Crippen LogP contribution in [0.5, 0.6) is 0 Å². The molecule has 17 heavy (non-hydrogen) atoms. The predicted octanol–water partition coefficient (Wildman–Crippen LogP) is 1.34. The Balaban J connectivity index is 2.69. The van der Waals surface area contributed by atoms with Crippen LogP contribution in [0.15, 0.2) is 6.20 Å². The largest absolute Gasteiger partial charge is 0.453 e. The number of carbonyl (C=O) groups is 1. The molecule has 0 fully saturated rings. The summed E-state index contributed by atoms with van der Waals surface area (Å²) in [5, 5.41) is 5.86. The zero-order valence-corrected chi connectivity index (χ0v) is 9.34. The Labute approximate surface area is 95.5 Å². The van der Waals surface area contributed by atoms with Gasteiger partial charge in [-0.3, -0.25) is 4.68 Å². The highest BCUT2D eigenvalue weighted by Gasteiger charge is 2.36. The average Bonchev–Trinajstić information content (AvgIpc) is 2.59. The molecule has 1 heterocycles. The molecule has 0 aliphatic rings. The third-order valence-corrected chi connectivity index (χ3v) is 2.13. The molecule has 0 aliphatic heterocycles. The summed E-state index contributed by atoms with van der Waals surface area (Å²) in [5.41, 5.74) is -0.763. The first-order valence-corrected chi connectivity index (χ1v) is 4.76. The molecular formula is C9H12F3N3O2. The lowest BCUT2D eigenvalue weighted by atomic mass is 10.2. The van der Waals surface area contributed by atoms with Crippen LogP contribution in [-0.4, -0.2) is 29.5 Å². The van der Waals surface area contributed by atoms with E-state index >= 15 is 0 Å². The van der Waals surface area contributed by atoms with Gasteiger partial charge in [-0.05, 0) is 6.42 Å². The van der Waals surface area contributed by atoms with Gasteiger partial charge in [-0.2, -0.15) is 18.3 Å². The molecule has 0 saturated heterocycles. The number of hydrogen-bond donors (Lipinski definition) is 1. The fourth-order valence-corrected chi connectivity index (χ4v) is 1.40. The second kappa shape index (κ2) is 5.07. The Bertz CT molecular complexity index is 401. The van der Waals surface area contributed by atoms with Gasteiger partial charge in [-0.1, -0.05) is 0 Å². The Morgan fingerprint density at radius 3 is 2.76 bits per heavy atom. The average molecular weight is 251 g/mol. The lowest BCUT2D eigenvalue weighted by molar-refractivity contribution is -0.144. The van der Waals surface area contributed by atoms with Crippen LogP contribution in [0.2, 0.25) is 0 Å². The summed E-state index contributed by atoms with van der Waals surface area (Å²) in [7, 11) is 2.40. The molecule has 0 saturated carbocycles. The van der Waals surface area contributed by atoms with Gasteiger partial charge in [0.25, 0.3) is 0 Å². The lowest BCUT2D eigenvalue weighted by Crippen LogP contribution is -2.26. The van der Waals surface area contributed by atoms with Gasteiger partial charge in [-0.15, -0.1) is 0 Å². The maximum Gasteiger partial charge on any atom is 0.433 e. The SMILES string of the molecule is COC(=O)NCCc1cnn(C)c1C(F)(F)F. The molecule has 0 aromatic carbocycles. The lowest BCUT2D eigenvalue weighted by Gasteiger charge is -2.10. The van der Waals surface area contributed by atoms with E-state index in [9.17, 15) is 18.0 Å². The van der Waals surface area contributed by atoms with E-state index in [0.717, 1.165) is 10.9 Å². The number of aromatic nitrogens is 2. The second-order valence-corrected chi connectivity index (χ2v) is 3.31. The summed E-state index contributed by atoms with van der Waals surface area (Å²) in [6.07, 6.45) is -3.95. The number of hydrogen-bond acceptors (Lipinski definition) is 3. The normalized spacial score (nSPS) is 11.4. The summed E-state index contributed by atoms with van der Waals surface area (Å²) in [5.74, 6) is 0. The molecule has 8 heteroatoms. The minimum absolute atomic E-state index is 0.0383. The van der Waals surface area contributed by atoms with E-state index in [4.69, 9.17) is 0 Å². The molecule has 96 valence electrons. The predicted molar refractivity (Wildman–Crippen MR) is 52.3 cm³/mol. The van der Waals surface area contributed by atoms with Crippen LogP contribution in [0.3, 0.4) is 0 Å². The van der Waals surface area contributed by atoms with Crippen molar-refractivity contribution in [1.29, 1.82) is 0 Å². The number of alkyl halides is 3. The third kappa shape index (κ3) is 3.36. The fraction of sp³-hybridized carbons (Fsp3) is 0.556. The van der Waals surface area contributed by atoms with Crippen molar-refractivity contribution in [3.63, 3.8) is 0 Å². The highest BCUT2D eigenvalue weighted by Crippen LogP contribution is 2.31. The van der Waals surface area contributed by atoms with E-state index in [2.05, 4.69) is 15.2 Å². The van der Waals surface area contributed by atoms with E-state index in [1.807, 2.05) is 0 Å². The number of halogens is 3. The first-order valence-electron chi connectivity index (χ1n) is 4.76. The topological polar surface area (TPSA) is 56.1 Å². The van der Waals surface area contributed by atoms with E-state index in [1.54, 1.807) is 0 Å². The van der Waals surface area contributed by atoms with Crippen LogP contribution in [-0.2, 0) is 24.4 Å². The summed E-state index contributed by atoms with van der Waals surface area (Å²) in [4.78, 5) is 10.7. The zero-order valence-electron chi connectivity index (χ0n) is 9.34. The van der Waals surface area contributed by atoms with Gasteiger partial charge < -0.3 is 10.1 Å². The highest BCUT2D eigenvalue weighted by molar-refractivity contribution is 5.66. The number of aryl methyl sites for hydroxylation is 1. The van der Waals surface area contributed by atoms with E-state index in [-0.39, 0.29) is 18.5 Å². The van der Waals surface area contributed by atoms with Gasteiger partial charge in [-0.25, -0.2) is 4.79 Å². The Kier molecular flexibility index (Phi) is 3.97. The van der Waals surface area contributed by atoms with Crippen LogP contribution < -0.4 is 5.32 Å². The van der Waals surface area contributed by atoms with Crippen LogP contribution in [0.4, 0.5) is 18.0 Å². The van der Waals surface area contributed by atoms with Crippen molar-refractivity contribution < 1.29 is 22.7 Å². The van der Waals surface area contributed by atoms with Crippen molar-refractivity contribution in [2.45, 2.75) is 12.6 Å². The standard InChI is InChI=1S/C9H12F3N3O2/c1-15-7(9(10,11)12)6(5-14-15)3-4-13-8(16)17-2/h5H,3-4H2,1-2H3,(H,13,16). The van der Waals surface area contributed by atoms with Gasteiger partial charge in [0.05, 0.1) is 13.3 Å². The van der Waals surface area contributed by atoms with Crippen LogP contribution in [0, 0.1) is 0 Å². The molecule has 1 rings (SSSR count). The molecule has 0 aliphatic carbocycles. The molecule has 0 bridgehead atoms. The van der Waals surface area contributed by atoms with E-state index < -0.39 is 18.0 Å². The maximum atomic E-state index is 12.6. The Hall–Kier alpha value is -1.73.